The van der Waals surface area contributed by atoms with Crippen LogP contribution in [0.5, 0.6) is 0 Å². The fourth-order valence-corrected chi connectivity index (χ4v) is 4.54. The number of amides is 2. The molecule has 1 aromatic carbocycles. The van der Waals surface area contributed by atoms with Gasteiger partial charge in [-0.25, -0.2) is 23.5 Å². The topological polar surface area (TPSA) is 102 Å². The highest BCUT2D eigenvalue weighted by Crippen LogP contribution is 2.29. The SMILES string of the molecule is Cc1cc2nc(NC(=O)N3CCN(c4ncc([C@H](O)CO)cc4F)[C@H](C)C3)sc2cc1F. The van der Waals surface area contributed by atoms with E-state index in [2.05, 4.69) is 15.3 Å². The largest absolute Gasteiger partial charge is 0.393 e. The first-order valence-electron chi connectivity index (χ1n) is 10.1. The first-order valence-corrected chi connectivity index (χ1v) is 10.9. The molecule has 2 aromatic heterocycles. The molecule has 3 aromatic rings. The zero-order chi connectivity index (χ0) is 23.0. The quantitative estimate of drug-likeness (QED) is 0.550. The van der Waals surface area contributed by atoms with Crippen molar-refractivity contribution in [3.05, 3.63) is 47.2 Å². The maximum absolute atomic E-state index is 14.6. The Hall–Kier alpha value is -2.89. The highest BCUT2D eigenvalue weighted by Gasteiger charge is 2.30. The molecule has 2 atom stereocenters. The van der Waals surface area contributed by atoms with Crippen LogP contribution >= 0.6 is 11.3 Å². The summed E-state index contributed by atoms with van der Waals surface area (Å²) >= 11 is 1.20. The van der Waals surface area contributed by atoms with Crippen molar-refractivity contribution in [3.63, 3.8) is 0 Å². The molecule has 0 aliphatic carbocycles. The number of pyridine rings is 1. The van der Waals surface area contributed by atoms with Gasteiger partial charge in [0, 0.05) is 37.4 Å². The number of aryl methyl sites for hydroxylation is 1. The van der Waals surface area contributed by atoms with Gasteiger partial charge in [0.05, 0.1) is 16.8 Å². The first kappa shape index (κ1) is 22.3. The highest BCUT2D eigenvalue weighted by atomic mass is 32.1. The van der Waals surface area contributed by atoms with E-state index < -0.39 is 18.5 Å². The number of anilines is 2. The smallest absolute Gasteiger partial charge is 0.323 e. The number of rotatable bonds is 4. The molecule has 11 heteroatoms. The molecule has 4 rings (SSSR count). The van der Waals surface area contributed by atoms with E-state index in [1.807, 2.05) is 6.92 Å². The van der Waals surface area contributed by atoms with E-state index in [1.54, 1.807) is 22.8 Å². The number of aliphatic hydroxyl groups excluding tert-OH is 2. The zero-order valence-electron chi connectivity index (χ0n) is 17.5. The average Bonchev–Trinajstić information content (AvgIpc) is 3.14. The number of aromatic nitrogens is 2. The van der Waals surface area contributed by atoms with Crippen LogP contribution in [0.15, 0.2) is 24.4 Å². The summed E-state index contributed by atoms with van der Waals surface area (Å²) in [5.74, 6) is -0.782. The van der Waals surface area contributed by atoms with Gasteiger partial charge in [-0.1, -0.05) is 11.3 Å². The molecule has 170 valence electrons. The number of nitrogens with zero attached hydrogens (tertiary/aromatic N) is 4. The Morgan fingerprint density at radius 3 is 2.78 bits per heavy atom. The monoisotopic (exact) mass is 463 g/mol. The van der Waals surface area contributed by atoms with Crippen LogP contribution in [0.25, 0.3) is 10.2 Å². The lowest BCUT2D eigenvalue weighted by Crippen LogP contribution is -2.55. The lowest BCUT2D eigenvalue weighted by molar-refractivity contribution is 0.0951. The van der Waals surface area contributed by atoms with E-state index in [4.69, 9.17) is 5.11 Å². The molecule has 0 bridgehead atoms. The van der Waals surface area contributed by atoms with Crippen molar-refractivity contribution in [1.29, 1.82) is 0 Å². The number of benzene rings is 1. The molecule has 1 aliphatic heterocycles. The van der Waals surface area contributed by atoms with Crippen molar-refractivity contribution in [2.24, 2.45) is 0 Å². The Kier molecular flexibility index (Phi) is 6.22. The van der Waals surface area contributed by atoms with Crippen LogP contribution in [-0.4, -0.2) is 63.4 Å². The van der Waals surface area contributed by atoms with Gasteiger partial charge in [-0.15, -0.1) is 0 Å². The van der Waals surface area contributed by atoms with Crippen LogP contribution in [0.3, 0.4) is 0 Å². The minimum atomic E-state index is -1.19. The van der Waals surface area contributed by atoms with Crippen LogP contribution in [-0.2, 0) is 0 Å². The minimum absolute atomic E-state index is 0.134. The van der Waals surface area contributed by atoms with E-state index in [1.165, 1.54) is 23.6 Å². The standard InChI is InChI=1S/C21H23F2N5O3S/c1-11-5-16-18(7-14(11)22)32-20(25-16)26-21(31)27-3-4-28(12(2)9-27)19-15(23)6-13(8-24-19)17(30)10-29/h5-8,12,17,29-30H,3-4,9-10H2,1-2H3,(H,25,26,31)/t12-,17-/m1/s1. The molecule has 0 radical (unpaired) electrons. The van der Waals surface area contributed by atoms with Gasteiger partial charge >= 0.3 is 6.03 Å². The molecule has 1 aliphatic rings. The number of aliphatic hydroxyl groups is 2. The van der Waals surface area contributed by atoms with Crippen molar-refractivity contribution in [2.45, 2.75) is 26.0 Å². The van der Waals surface area contributed by atoms with Crippen molar-refractivity contribution < 1.29 is 23.8 Å². The molecule has 0 spiro atoms. The fourth-order valence-electron chi connectivity index (χ4n) is 3.68. The third-order valence-corrected chi connectivity index (χ3v) is 6.40. The van der Waals surface area contributed by atoms with E-state index in [0.29, 0.717) is 40.5 Å². The van der Waals surface area contributed by atoms with E-state index in [0.717, 1.165) is 6.07 Å². The van der Waals surface area contributed by atoms with E-state index in [9.17, 15) is 18.7 Å². The normalized spacial score (nSPS) is 17.6. The summed E-state index contributed by atoms with van der Waals surface area (Å²) in [6, 6.07) is 3.67. The minimum Gasteiger partial charge on any atom is -0.393 e. The summed E-state index contributed by atoms with van der Waals surface area (Å²) in [5, 5.41) is 21.8. The molecule has 0 unspecified atom stereocenters. The average molecular weight is 464 g/mol. The number of fused-ring (bicyclic) bond motifs is 1. The number of hydrogen-bond acceptors (Lipinski definition) is 7. The van der Waals surface area contributed by atoms with Crippen LogP contribution in [0.4, 0.5) is 24.5 Å². The second kappa shape index (κ2) is 8.93. The summed E-state index contributed by atoms with van der Waals surface area (Å²) in [7, 11) is 0. The second-order valence-corrected chi connectivity index (χ2v) is 8.81. The molecular weight excluding hydrogens is 440 g/mol. The van der Waals surface area contributed by atoms with Gasteiger partial charge in [-0.3, -0.25) is 5.32 Å². The van der Waals surface area contributed by atoms with Gasteiger partial charge in [-0.2, -0.15) is 0 Å². The van der Waals surface area contributed by atoms with Gasteiger partial charge < -0.3 is 20.0 Å². The van der Waals surface area contributed by atoms with Crippen molar-refractivity contribution in [1.82, 2.24) is 14.9 Å². The van der Waals surface area contributed by atoms with Gasteiger partial charge in [0.2, 0.25) is 0 Å². The molecule has 3 heterocycles. The zero-order valence-corrected chi connectivity index (χ0v) is 18.4. The predicted octanol–water partition coefficient (Wildman–Crippen LogP) is 3.05. The molecule has 2 amide bonds. The summed E-state index contributed by atoms with van der Waals surface area (Å²) in [6.07, 6.45) is 0.148. The van der Waals surface area contributed by atoms with Gasteiger partial charge in [0.25, 0.3) is 0 Å². The Labute approximate surface area is 187 Å². The summed E-state index contributed by atoms with van der Waals surface area (Å²) in [5.41, 5.74) is 1.31. The molecule has 8 nitrogen and oxygen atoms in total. The molecule has 32 heavy (non-hydrogen) atoms. The van der Waals surface area contributed by atoms with Gasteiger partial charge in [-0.05, 0) is 37.6 Å². The first-order chi connectivity index (χ1) is 15.3. The van der Waals surface area contributed by atoms with E-state index >= 15 is 0 Å². The number of carbonyl (C=O) groups excluding carboxylic acids is 1. The number of piperazine rings is 1. The maximum atomic E-state index is 14.6. The molecule has 1 fully saturated rings. The number of nitrogens with one attached hydrogen (secondary N) is 1. The number of carbonyl (C=O) groups is 1. The van der Waals surface area contributed by atoms with Crippen molar-refractivity contribution in [3.8, 4) is 0 Å². The summed E-state index contributed by atoms with van der Waals surface area (Å²) < 4.78 is 29.0. The van der Waals surface area contributed by atoms with Crippen LogP contribution in [0, 0.1) is 18.6 Å². The summed E-state index contributed by atoms with van der Waals surface area (Å²) in [4.78, 5) is 24.6. The number of halogens is 2. The lowest BCUT2D eigenvalue weighted by atomic mass is 10.1. The van der Waals surface area contributed by atoms with Crippen LogP contribution < -0.4 is 10.2 Å². The Morgan fingerprint density at radius 2 is 2.09 bits per heavy atom. The molecule has 3 N–H and O–H groups in total. The van der Waals surface area contributed by atoms with Crippen LogP contribution in [0.2, 0.25) is 0 Å². The second-order valence-electron chi connectivity index (χ2n) is 7.78. The summed E-state index contributed by atoms with van der Waals surface area (Å²) in [6.45, 7) is 4.05. The third-order valence-electron chi connectivity index (χ3n) is 5.47. The molecular formula is C21H23F2N5O3S. The van der Waals surface area contributed by atoms with Crippen molar-refractivity contribution >= 4 is 38.5 Å². The number of thiazole rings is 1. The maximum Gasteiger partial charge on any atom is 0.323 e. The Morgan fingerprint density at radius 1 is 1.31 bits per heavy atom. The number of urea groups is 1. The number of hydrogen-bond donors (Lipinski definition) is 3. The Bertz CT molecular complexity index is 1120. The highest BCUT2D eigenvalue weighted by molar-refractivity contribution is 7.22. The molecule has 0 saturated carbocycles. The van der Waals surface area contributed by atoms with Crippen molar-refractivity contribution in [2.75, 3.05) is 36.5 Å². The fraction of sp³-hybridized carbons (Fsp3) is 0.381. The van der Waals surface area contributed by atoms with Crippen LogP contribution in [0.1, 0.15) is 24.2 Å². The van der Waals surface area contributed by atoms with Gasteiger partial charge in [0.15, 0.2) is 16.8 Å². The lowest BCUT2D eigenvalue weighted by Gasteiger charge is -2.40. The Balaban J connectivity index is 1.42. The van der Waals surface area contributed by atoms with E-state index in [-0.39, 0.29) is 29.3 Å². The third kappa shape index (κ3) is 4.36. The predicted molar refractivity (Wildman–Crippen MR) is 118 cm³/mol. The van der Waals surface area contributed by atoms with Gasteiger partial charge in [0.1, 0.15) is 11.9 Å². The molecule has 1 saturated heterocycles.